The van der Waals surface area contributed by atoms with E-state index in [2.05, 4.69) is 24.1 Å². The maximum absolute atomic E-state index is 11.5. The number of thiazole rings is 1. The average Bonchev–Trinajstić information content (AvgIpc) is 2.63. The van der Waals surface area contributed by atoms with Crippen molar-refractivity contribution in [2.24, 2.45) is 11.7 Å². The summed E-state index contributed by atoms with van der Waals surface area (Å²) >= 11 is 1.52. The normalized spacial score (nSPS) is 10.8. The van der Waals surface area contributed by atoms with Gasteiger partial charge in [-0.15, -0.1) is 11.3 Å². The maximum atomic E-state index is 11.5. The SMILES string of the molecule is CC(C)CNC(=O)Cc1nc(CCN)cs1. The Balaban J connectivity index is 2.37. The molecule has 0 bridgehead atoms. The number of aromatic nitrogens is 1. The lowest BCUT2D eigenvalue weighted by atomic mass is 10.2. The Morgan fingerprint density at radius 2 is 2.38 bits per heavy atom. The maximum Gasteiger partial charge on any atom is 0.226 e. The molecule has 0 unspecified atom stereocenters. The van der Waals surface area contributed by atoms with E-state index in [1.807, 2.05) is 5.38 Å². The van der Waals surface area contributed by atoms with Crippen molar-refractivity contribution in [2.45, 2.75) is 26.7 Å². The van der Waals surface area contributed by atoms with E-state index in [4.69, 9.17) is 5.73 Å². The van der Waals surface area contributed by atoms with Crippen LogP contribution in [0, 0.1) is 5.92 Å². The van der Waals surface area contributed by atoms with Crippen molar-refractivity contribution in [1.29, 1.82) is 0 Å². The summed E-state index contributed by atoms with van der Waals surface area (Å²) in [5.41, 5.74) is 6.42. The number of amides is 1. The summed E-state index contributed by atoms with van der Waals surface area (Å²) in [5.74, 6) is 0.524. The fourth-order valence-electron chi connectivity index (χ4n) is 1.21. The van der Waals surface area contributed by atoms with Gasteiger partial charge in [-0.3, -0.25) is 4.79 Å². The molecule has 0 aliphatic heterocycles. The van der Waals surface area contributed by atoms with Crippen LogP contribution in [-0.2, 0) is 17.6 Å². The third-order valence-electron chi connectivity index (χ3n) is 2.02. The lowest BCUT2D eigenvalue weighted by Gasteiger charge is -2.05. The highest BCUT2D eigenvalue weighted by molar-refractivity contribution is 7.09. The van der Waals surface area contributed by atoms with Gasteiger partial charge in [0, 0.05) is 18.3 Å². The number of nitrogens with zero attached hydrogens (tertiary/aromatic N) is 1. The van der Waals surface area contributed by atoms with E-state index >= 15 is 0 Å². The van der Waals surface area contributed by atoms with Crippen LogP contribution in [-0.4, -0.2) is 24.0 Å². The molecule has 1 aromatic heterocycles. The average molecular weight is 241 g/mol. The smallest absolute Gasteiger partial charge is 0.226 e. The van der Waals surface area contributed by atoms with Crippen LogP contribution in [0.1, 0.15) is 24.5 Å². The van der Waals surface area contributed by atoms with Crippen LogP contribution in [0.2, 0.25) is 0 Å². The molecule has 4 nitrogen and oxygen atoms in total. The lowest BCUT2D eigenvalue weighted by molar-refractivity contribution is -0.120. The molecule has 1 rings (SSSR count). The minimum atomic E-state index is 0.0438. The standard InChI is InChI=1S/C11H19N3OS/c1-8(2)6-13-10(15)5-11-14-9(3-4-12)7-16-11/h7-8H,3-6,12H2,1-2H3,(H,13,15). The summed E-state index contributed by atoms with van der Waals surface area (Å²) in [6, 6.07) is 0. The van der Waals surface area contributed by atoms with Crippen LogP contribution < -0.4 is 11.1 Å². The highest BCUT2D eigenvalue weighted by Gasteiger charge is 2.07. The van der Waals surface area contributed by atoms with Crippen molar-refractivity contribution < 1.29 is 4.79 Å². The molecular weight excluding hydrogens is 222 g/mol. The van der Waals surface area contributed by atoms with E-state index in [1.54, 1.807) is 0 Å². The van der Waals surface area contributed by atoms with Gasteiger partial charge in [-0.1, -0.05) is 13.8 Å². The first-order valence-corrected chi connectivity index (χ1v) is 6.39. The van der Waals surface area contributed by atoms with Gasteiger partial charge in [0.1, 0.15) is 5.01 Å². The van der Waals surface area contributed by atoms with Gasteiger partial charge in [-0.05, 0) is 12.5 Å². The molecular formula is C11H19N3OS. The second-order valence-corrected chi connectivity index (χ2v) is 5.09. The van der Waals surface area contributed by atoms with Crippen molar-refractivity contribution in [2.75, 3.05) is 13.1 Å². The summed E-state index contributed by atoms with van der Waals surface area (Å²) in [4.78, 5) is 15.9. The Labute approximate surface area is 100 Å². The number of hydrogen-bond donors (Lipinski definition) is 2. The number of nitrogens with one attached hydrogen (secondary N) is 1. The fraction of sp³-hybridized carbons (Fsp3) is 0.636. The van der Waals surface area contributed by atoms with Crippen molar-refractivity contribution in [3.05, 3.63) is 16.1 Å². The van der Waals surface area contributed by atoms with Crippen LogP contribution in [0.5, 0.6) is 0 Å². The third kappa shape index (κ3) is 4.72. The molecule has 90 valence electrons. The molecule has 0 aliphatic carbocycles. The Kier molecular flexibility index (Phi) is 5.42. The Morgan fingerprint density at radius 1 is 1.62 bits per heavy atom. The molecule has 0 atom stereocenters. The number of carbonyl (C=O) groups is 1. The molecule has 0 aromatic carbocycles. The van der Waals surface area contributed by atoms with Gasteiger partial charge in [-0.2, -0.15) is 0 Å². The molecule has 0 saturated carbocycles. The number of nitrogens with two attached hydrogens (primary N) is 1. The monoisotopic (exact) mass is 241 g/mol. The molecule has 1 heterocycles. The molecule has 0 fully saturated rings. The summed E-state index contributed by atoms with van der Waals surface area (Å²) in [5, 5.41) is 5.71. The molecule has 3 N–H and O–H groups in total. The second-order valence-electron chi connectivity index (χ2n) is 4.15. The quantitative estimate of drug-likeness (QED) is 0.779. The molecule has 5 heteroatoms. The lowest BCUT2D eigenvalue weighted by Crippen LogP contribution is -2.28. The van der Waals surface area contributed by atoms with Crippen LogP contribution >= 0.6 is 11.3 Å². The summed E-state index contributed by atoms with van der Waals surface area (Å²) in [6.45, 7) is 5.47. The van der Waals surface area contributed by atoms with Crippen molar-refractivity contribution in [3.63, 3.8) is 0 Å². The molecule has 0 radical (unpaired) electrons. The van der Waals surface area contributed by atoms with Gasteiger partial charge in [0.05, 0.1) is 12.1 Å². The highest BCUT2D eigenvalue weighted by atomic mass is 32.1. The van der Waals surface area contributed by atoms with E-state index in [9.17, 15) is 4.79 Å². The number of rotatable bonds is 6. The number of hydrogen-bond acceptors (Lipinski definition) is 4. The molecule has 0 spiro atoms. The van der Waals surface area contributed by atoms with Gasteiger partial charge in [0.15, 0.2) is 0 Å². The van der Waals surface area contributed by atoms with Gasteiger partial charge < -0.3 is 11.1 Å². The molecule has 1 amide bonds. The minimum Gasteiger partial charge on any atom is -0.355 e. The first kappa shape index (κ1) is 13.1. The Morgan fingerprint density at radius 3 is 3.00 bits per heavy atom. The summed E-state index contributed by atoms with van der Waals surface area (Å²) in [7, 11) is 0. The molecule has 1 aromatic rings. The molecule has 0 aliphatic rings. The topological polar surface area (TPSA) is 68.0 Å². The zero-order chi connectivity index (χ0) is 12.0. The van der Waals surface area contributed by atoms with E-state index in [-0.39, 0.29) is 5.91 Å². The van der Waals surface area contributed by atoms with Crippen molar-refractivity contribution >= 4 is 17.2 Å². The van der Waals surface area contributed by atoms with E-state index in [0.717, 1.165) is 23.7 Å². The molecule has 0 saturated heterocycles. The zero-order valence-corrected chi connectivity index (χ0v) is 10.6. The van der Waals surface area contributed by atoms with Crippen LogP contribution in [0.25, 0.3) is 0 Å². The van der Waals surface area contributed by atoms with Gasteiger partial charge in [-0.25, -0.2) is 4.98 Å². The van der Waals surface area contributed by atoms with E-state index in [0.29, 0.717) is 18.9 Å². The van der Waals surface area contributed by atoms with Crippen LogP contribution in [0.4, 0.5) is 0 Å². The first-order chi connectivity index (χ1) is 7.61. The zero-order valence-electron chi connectivity index (χ0n) is 9.82. The number of carbonyl (C=O) groups excluding carboxylic acids is 1. The summed E-state index contributed by atoms with van der Waals surface area (Å²) < 4.78 is 0. The van der Waals surface area contributed by atoms with Crippen LogP contribution in [0.15, 0.2) is 5.38 Å². The van der Waals surface area contributed by atoms with Gasteiger partial charge in [0.2, 0.25) is 5.91 Å². The Bertz CT molecular complexity index is 336. The van der Waals surface area contributed by atoms with Gasteiger partial charge in [0.25, 0.3) is 0 Å². The summed E-state index contributed by atoms with van der Waals surface area (Å²) in [6.07, 6.45) is 1.16. The Hall–Kier alpha value is -0.940. The van der Waals surface area contributed by atoms with Crippen molar-refractivity contribution in [3.8, 4) is 0 Å². The third-order valence-corrected chi connectivity index (χ3v) is 2.92. The van der Waals surface area contributed by atoms with Crippen LogP contribution in [0.3, 0.4) is 0 Å². The van der Waals surface area contributed by atoms with Gasteiger partial charge >= 0.3 is 0 Å². The largest absolute Gasteiger partial charge is 0.355 e. The van der Waals surface area contributed by atoms with Crippen molar-refractivity contribution in [1.82, 2.24) is 10.3 Å². The van der Waals surface area contributed by atoms with E-state index < -0.39 is 0 Å². The van der Waals surface area contributed by atoms with E-state index in [1.165, 1.54) is 11.3 Å². The minimum absolute atomic E-state index is 0.0438. The highest BCUT2D eigenvalue weighted by Crippen LogP contribution is 2.10. The first-order valence-electron chi connectivity index (χ1n) is 5.52. The second kappa shape index (κ2) is 6.60. The fourth-order valence-corrected chi connectivity index (χ4v) is 2.04. The molecule has 16 heavy (non-hydrogen) atoms. The predicted octanol–water partition coefficient (Wildman–Crippen LogP) is 0.959. The predicted molar refractivity (Wildman–Crippen MR) is 66.4 cm³/mol.